The minimum absolute atomic E-state index is 0.125. The summed E-state index contributed by atoms with van der Waals surface area (Å²) in [5, 5.41) is 7.28. The fraction of sp³-hybridized carbons (Fsp3) is 0.0833. The molecule has 0 aliphatic carbocycles. The molecule has 3 N–H and O–H groups in total. The molecule has 3 rings (SSSR count). The zero-order chi connectivity index (χ0) is 13.2. The largest absolute Gasteiger partial charge is 0.497 e. The van der Waals surface area contributed by atoms with Crippen molar-refractivity contribution in [2.75, 3.05) is 12.8 Å². The molecule has 0 saturated carbocycles. The molecule has 0 atom stereocenters. The molecule has 96 valence electrons. The van der Waals surface area contributed by atoms with Crippen LogP contribution in [-0.2, 0) is 0 Å². The molecule has 7 nitrogen and oxygen atoms in total. The van der Waals surface area contributed by atoms with Crippen molar-refractivity contribution >= 4 is 17.0 Å². The smallest absolute Gasteiger partial charge is 0.235 e. The maximum absolute atomic E-state index is 5.68. The Bertz CT molecular complexity index is 708. The number of fused-ring (bicyclic) bond motifs is 1. The van der Waals surface area contributed by atoms with Gasteiger partial charge in [0, 0.05) is 0 Å². The summed E-state index contributed by atoms with van der Waals surface area (Å²) in [6, 6.07) is 7.16. The lowest BCUT2D eigenvalue weighted by Gasteiger charge is -2.06. The number of ether oxygens (including phenoxy) is 2. The highest BCUT2D eigenvalue weighted by atomic mass is 16.5. The Morgan fingerprint density at radius 2 is 1.84 bits per heavy atom. The lowest BCUT2D eigenvalue weighted by atomic mass is 10.3. The molecule has 0 unspecified atom stereocenters. The molecule has 2 heterocycles. The number of aromatic nitrogens is 4. The third kappa shape index (κ3) is 2.13. The lowest BCUT2D eigenvalue weighted by Crippen LogP contribution is -1.98. The molecule has 1 aromatic carbocycles. The van der Waals surface area contributed by atoms with Crippen LogP contribution >= 0.6 is 0 Å². The number of hydrogen-bond donors (Lipinski definition) is 2. The number of aromatic amines is 1. The zero-order valence-corrected chi connectivity index (χ0v) is 10.1. The maximum atomic E-state index is 5.68. The van der Waals surface area contributed by atoms with Gasteiger partial charge in [-0.1, -0.05) is 0 Å². The molecule has 0 spiro atoms. The molecule has 0 aliphatic heterocycles. The summed E-state index contributed by atoms with van der Waals surface area (Å²) < 4.78 is 10.8. The number of nitrogens with zero attached hydrogens (tertiary/aromatic N) is 3. The standard InChI is InChI=1S/C12H11N5O2/c1-18-7-2-4-8(5-3-7)19-11-9-6-14-17-10(9)15-12(13)16-11/h2-6H,1H3,(H3,13,14,15,16,17). The van der Waals surface area contributed by atoms with Crippen LogP contribution in [-0.4, -0.2) is 27.3 Å². The molecule has 0 fully saturated rings. The van der Waals surface area contributed by atoms with Gasteiger partial charge in [-0.3, -0.25) is 5.10 Å². The van der Waals surface area contributed by atoms with E-state index in [9.17, 15) is 0 Å². The van der Waals surface area contributed by atoms with E-state index in [2.05, 4.69) is 20.2 Å². The van der Waals surface area contributed by atoms with Crippen LogP contribution in [0.15, 0.2) is 30.5 Å². The van der Waals surface area contributed by atoms with E-state index in [1.54, 1.807) is 37.6 Å². The first-order valence-corrected chi connectivity index (χ1v) is 5.55. The van der Waals surface area contributed by atoms with Gasteiger partial charge in [0.15, 0.2) is 5.65 Å². The number of nitrogens with one attached hydrogen (secondary N) is 1. The molecule has 0 bridgehead atoms. The summed E-state index contributed by atoms with van der Waals surface area (Å²) in [6.07, 6.45) is 1.59. The Morgan fingerprint density at radius 1 is 1.11 bits per heavy atom. The summed E-state index contributed by atoms with van der Waals surface area (Å²) >= 11 is 0. The van der Waals surface area contributed by atoms with Gasteiger partial charge in [0.1, 0.15) is 16.9 Å². The quantitative estimate of drug-likeness (QED) is 0.741. The van der Waals surface area contributed by atoms with Crippen LogP contribution in [0.2, 0.25) is 0 Å². The Morgan fingerprint density at radius 3 is 2.58 bits per heavy atom. The normalized spacial score (nSPS) is 10.6. The summed E-state index contributed by atoms with van der Waals surface area (Å²) in [6.45, 7) is 0. The monoisotopic (exact) mass is 257 g/mol. The molecule has 19 heavy (non-hydrogen) atoms. The van der Waals surface area contributed by atoms with Gasteiger partial charge in [-0.2, -0.15) is 15.1 Å². The van der Waals surface area contributed by atoms with Crippen molar-refractivity contribution < 1.29 is 9.47 Å². The van der Waals surface area contributed by atoms with Gasteiger partial charge < -0.3 is 15.2 Å². The lowest BCUT2D eigenvalue weighted by molar-refractivity contribution is 0.412. The Kier molecular flexibility index (Phi) is 2.64. The van der Waals surface area contributed by atoms with Crippen molar-refractivity contribution in [2.45, 2.75) is 0 Å². The van der Waals surface area contributed by atoms with Gasteiger partial charge in [-0.25, -0.2) is 0 Å². The highest BCUT2D eigenvalue weighted by molar-refractivity contribution is 5.80. The van der Waals surface area contributed by atoms with Gasteiger partial charge in [-0.15, -0.1) is 0 Å². The Hall–Kier alpha value is -2.83. The summed E-state index contributed by atoms with van der Waals surface area (Å²) in [5.74, 6) is 1.87. The van der Waals surface area contributed by atoms with E-state index < -0.39 is 0 Å². The topological polar surface area (TPSA) is 98.9 Å². The SMILES string of the molecule is COc1ccc(Oc2nc(N)nc3[nH]ncc23)cc1. The third-order valence-electron chi connectivity index (χ3n) is 2.57. The highest BCUT2D eigenvalue weighted by Crippen LogP contribution is 2.27. The third-order valence-corrected chi connectivity index (χ3v) is 2.57. The van der Waals surface area contributed by atoms with E-state index in [1.165, 1.54) is 0 Å². The van der Waals surface area contributed by atoms with Gasteiger partial charge in [-0.05, 0) is 24.3 Å². The van der Waals surface area contributed by atoms with Gasteiger partial charge in [0.05, 0.1) is 13.3 Å². The molecular formula is C12H11N5O2. The predicted octanol–water partition coefficient (Wildman–Crippen LogP) is 1.74. The van der Waals surface area contributed by atoms with Gasteiger partial charge in [0.2, 0.25) is 11.8 Å². The molecule has 3 aromatic rings. The number of nitrogen functional groups attached to an aromatic ring is 1. The van der Waals surface area contributed by atoms with Crippen molar-refractivity contribution in [1.82, 2.24) is 20.2 Å². The van der Waals surface area contributed by atoms with Crippen LogP contribution in [0.25, 0.3) is 11.0 Å². The first-order valence-electron chi connectivity index (χ1n) is 5.55. The average molecular weight is 257 g/mol. The first-order chi connectivity index (χ1) is 9.26. The molecule has 2 aromatic heterocycles. The second-order valence-corrected chi connectivity index (χ2v) is 3.80. The van der Waals surface area contributed by atoms with Crippen LogP contribution in [0.3, 0.4) is 0 Å². The van der Waals surface area contributed by atoms with Crippen LogP contribution in [0.1, 0.15) is 0 Å². The predicted molar refractivity (Wildman–Crippen MR) is 69.2 cm³/mol. The van der Waals surface area contributed by atoms with E-state index in [1.807, 2.05) is 0 Å². The Labute approximate surface area is 108 Å². The van der Waals surface area contributed by atoms with Crippen LogP contribution in [0.4, 0.5) is 5.95 Å². The molecular weight excluding hydrogens is 246 g/mol. The minimum Gasteiger partial charge on any atom is -0.497 e. The fourth-order valence-electron chi connectivity index (χ4n) is 1.66. The number of hydrogen-bond acceptors (Lipinski definition) is 6. The van der Waals surface area contributed by atoms with E-state index in [0.29, 0.717) is 22.7 Å². The number of nitrogens with two attached hydrogens (primary N) is 1. The van der Waals surface area contributed by atoms with Crippen molar-refractivity contribution in [2.24, 2.45) is 0 Å². The van der Waals surface area contributed by atoms with Crippen molar-refractivity contribution in [1.29, 1.82) is 0 Å². The number of rotatable bonds is 3. The van der Waals surface area contributed by atoms with E-state index in [0.717, 1.165) is 5.75 Å². The first kappa shape index (κ1) is 11.3. The molecule has 0 amide bonds. The number of methoxy groups -OCH3 is 1. The van der Waals surface area contributed by atoms with Gasteiger partial charge >= 0.3 is 0 Å². The van der Waals surface area contributed by atoms with Gasteiger partial charge in [0.25, 0.3) is 0 Å². The van der Waals surface area contributed by atoms with E-state index in [-0.39, 0.29) is 5.95 Å². The fourth-order valence-corrected chi connectivity index (χ4v) is 1.66. The average Bonchev–Trinajstić information content (AvgIpc) is 2.88. The van der Waals surface area contributed by atoms with Crippen LogP contribution in [0.5, 0.6) is 17.4 Å². The summed E-state index contributed by atoms with van der Waals surface area (Å²) in [7, 11) is 1.61. The second kappa shape index (κ2) is 4.45. The number of H-pyrrole nitrogens is 1. The number of benzene rings is 1. The molecule has 7 heteroatoms. The van der Waals surface area contributed by atoms with Crippen LogP contribution < -0.4 is 15.2 Å². The van der Waals surface area contributed by atoms with E-state index >= 15 is 0 Å². The highest BCUT2D eigenvalue weighted by Gasteiger charge is 2.10. The zero-order valence-electron chi connectivity index (χ0n) is 10.1. The maximum Gasteiger partial charge on any atom is 0.235 e. The van der Waals surface area contributed by atoms with E-state index in [4.69, 9.17) is 15.2 Å². The molecule has 0 saturated heterocycles. The second-order valence-electron chi connectivity index (χ2n) is 3.80. The number of anilines is 1. The van der Waals surface area contributed by atoms with Crippen molar-refractivity contribution in [3.8, 4) is 17.4 Å². The summed E-state index contributed by atoms with van der Waals surface area (Å²) in [4.78, 5) is 8.08. The van der Waals surface area contributed by atoms with Crippen molar-refractivity contribution in [3.05, 3.63) is 30.5 Å². The summed E-state index contributed by atoms with van der Waals surface area (Å²) in [5.41, 5.74) is 6.15. The molecule has 0 radical (unpaired) electrons. The minimum atomic E-state index is 0.125. The van der Waals surface area contributed by atoms with Crippen LogP contribution in [0, 0.1) is 0 Å². The Balaban J connectivity index is 1.97. The molecule has 0 aliphatic rings. The van der Waals surface area contributed by atoms with Crippen molar-refractivity contribution in [3.63, 3.8) is 0 Å².